The molecule has 0 aromatic rings. The Kier molecular flexibility index (Phi) is 39.9. The maximum Gasteiger partial charge on any atom is 0.328 e. The summed E-state index contributed by atoms with van der Waals surface area (Å²) >= 11 is 0. The first-order chi connectivity index (χ1) is 27.3. The molecule has 9 heteroatoms. The van der Waals surface area contributed by atoms with E-state index >= 15 is 0 Å². The Morgan fingerprint density at radius 1 is 0.554 bits per heavy atom. The van der Waals surface area contributed by atoms with Crippen LogP contribution >= 0.6 is 0 Å². The van der Waals surface area contributed by atoms with Crippen molar-refractivity contribution in [3.05, 3.63) is 24.3 Å². The number of amides is 2. The highest BCUT2D eigenvalue weighted by Gasteiger charge is 2.18. The Morgan fingerprint density at radius 2 is 1.02 bits per heavy atom. The van der Waals surface area contributed by atoms with Gasteiger partial charge in [-0.05, 0) is 51.0 Å². The Hall–Kier alpha value is -2.68. The molecule has 0 bridgehead atoms. The average Bonchev–Trinajstić information content (AvgIpc) is 3.18. The number of carbonyl (C=O) groups is 4. The minimum absolute atomic E-state index is 0.0894. The van der Waals surface area contributed by atoms with Gasteiger partial charge < -0.3 is 25.6 Å². The standard InChI is InChI=1S/C47H86N2O7/c1-3-5-7-9-11-13-14-15-16-17-18-19-20-21-23-25-31-35-39-46(53)56-42(36-32-28-24-22-12-10-8-6-4-2)37-33-29-26-27-30-34-38-44(51)48-40-45(52)49-43(41-50)47(54)55/h22,24,32,36,42-43,50H,3-21,23,25-31,33-35,37-41H2,1-2H3,(H,48,51)(H,49,52)(H,54,55)/b24-22-,36-32-. The van der Waals surface area contributed by atoms with Crippen LogP contribution in [0.1, 0.15) is 226 Å². The fraction of sp³-hybridized carbons (Fsp3) is 0.830. The summed E-state index contributed by atoms with van der Waals surface area (Å²) in [5.41, 5.74) is 0. The summed E-state index contributed by atoms with van der Waals surface area (Å²) in [5.74, 6) is -2.33. The lowest BCUT2D eigenvalue weighted by molar-refractivity contribution is -0.147. The zero-order valence-electron chi connectivity index (χ0n) is 36.1. The van der Waals surface area contributed by atoms with Gasteiger partial charge in [-0.15, -0.1) is 0 Å². The van der Waals surface area contributed by atoms with Crippen molar-refractivity contribution < 1.29 is 34.1 Å². The fourth-order valence-electron chi connectivity index (χ4n) is 6.84. The minimum atomic E-state index is -1.38. The number of ether oxygens (including phenoxy) is 1. The minimum Gasteiger partial charge on any atom is -0.480 e. The van der Waals surface area contributed by atoms with E-state index in [1.807, 2.05) is 0 Å². The highest BCUT2D eigenvalue weighted by atomic mass is 16.5. The summed E-state index contributed by atoms with van der Waals surface area (Å²) < 4.78 is 5.94. The lowest BCUT2D eigenvalue weighted by Gasteiger charge is -2.15. The van der Waals surface area contributed by atoms with Crippen molar-refractivity contribution in [1.82, 2.24) is 10.6 Å². The highest BCUT2D eigenvalue weighted by molar-refractivity contribution is 5.87. The van der Waals surface area contributed by atoms with E-state index in [9.17, 15) is 19.2 Å². The van der Waals surface area contributed by atoms with E-state index in [2.05, 4.69) is 48.8 Å². The number of nitrogens with one attached hydrogen (secondary N) is 2. The second kappa shape index (κ2) is 41.9. The molecular formula is C47H86N2O7. The van der Waals surface area contributed by atoms with Crippen molar-refractivity contribution in [2.24, 2.45) is 0 Å². The molecule has 0 fully saturated rings. The third kappa shape index (κ3) is 38.2. The smallest absolute Gasteiger partial charge is 0.328 e. The van der Waals surface area contributed by atoms with Gasteiger partial charge >= 0.3 is 11.9 Å². The van der Waals surface area contributed by atoms with Crippen LogP contribution in [0.25, 0.3) is 0 Å². The number of aliphatic carboxylic acids is 1. The maximum absolute atomic E-state index is 12.8. The van der Waals surface area contributed by atoms with Crippen LogP contribution < -0.4 is 10.6 Å². The third-order valence-corrected chi connectivity index (χ3v) is 10.4. The molecular weight excluding hydrogens is 705 g/mol. The van der Waals surface area contributed by atoms with Crippen LogP contribution in [0.2, 0.25) is 0 Å². The molecule has 0 aromatic heterocycles. The average molecular weight is 791 g/mol. The molecule has 0 saturated heterocycles. The maximum atomic E-state index is 12.8. The van der Waals surface area contributed by atoms with E-state index < -0.39 is 24.5 Å². The first-order valence-corrected chi connectivity index (χ1v) is 23.2. The number of aliphatic hydroxyl groups excluding tert-OH is 1. The van der Waals surface area contributed by atoms with Crippen molar-refractivity contribution in [2.75, 3.05) is 13.2 Å². The SMILES string of the molecule is CCCCCC/C=C\C/C=C\C(CCCCCCCCC(=O)NCC(=O)NC(CO)C(=O)O)OC(=O)CCCCCCCCCCCCCCCCCCCC. The van der Waals surface area contributed by atoms with Crippen molar-refractivity contribution in [3.63, 3.8) is 0 Å². The van der Waals surface area contributed by atoms with Crippen LogP contribution in [0.4, 0.5) is 0 Å². The van der Waals surface area contributed by atoms with Gasteiger partial charge in [0.2, 0.25) is 11.8 Å². The Morgan fingerprint density at radius 3 is 1.52 bits per heavy atom. The van der Waals surface area contributed by atoms with Gasteiger partial charge in [0.25, 0.3) is 0 Å². The van der Waals surface area contributed by atoms with Crippen molar-refractivity contribution in [2.45, 2.75) is 238 Å². The second-order valence-electron chi connectivity index (χ2n) is 15.9. The van der Waals surface area contributed by atoms with Gasteiger partial charge in [-0.2, -0.15) is 0 Å². The van der Waals surface area contributed by atoms with Gasteiger partial charge in [0.1, 0.15) is 12.1 Å². The molecule has 2 atom stereocenters. The number of rotatable bonds is 42. The quantitative estimate of drug-likeness (QED) is 0.0274. The van der Waals surface area contributed by atoms with Gasteiger partial charge in [0.05, 0.1) is 13.2 Å². The molecule has 0 radical (unpaired) electrons. The van der Waals surface area contributed by atoms with Gasteiger partial charge in [-0.3, -0.25) is 14.4 Å². The molecule has 0 aliphatic carbocycles. The predicted molar refractivity (Wildman–Crippen MR) is 232 cm³/mol. The van der Waals surface area contributed by atoms with E-state index in [0.29, 0.717) is 19.3 Å². The molecule has 2 amide bonds. The van der Waals surface area contributed by atoms with Crippen LogP contribution in [0.3, 0.4) is 0 Å². The summed E-state index contributed by atoms with van der Waals surface area (Å²) in [5, 5.41) is 22.5. The molecule has 326 valence electrons. The normalized spacial score (nSPS) is 12.6. The predicted octanol–water partition coefficient (Wildman–Crippen LogP) is 11.6. The molecule has 0 heterocycles. The number of unbranched alkanes of at least 4 members (excludes halogenated alkanes) is 26. The topological polar surface area (TPSA) is 142 Å². The number of hydrogen-bond acceptors (Lipinski definition) is 6. The van der Waals surface area contributed by atoms with Gasteiger partial charge in [0, 0.05) is 12.8 Å². The van der Waals surface area contributed by atoms with E-state index in [-0.39, 0.29) is 24.5 Å². The van der Waals surface area contributed by atoms with E-state index in [1.165, 1.54) is 128 Å². The van der Waals surface area contributed by atoms with Gasteiger partial charge in [-0.25, -0.2) is 4.79 Å². The van der Waals surface area contributed by atoms with Crippen LogP contribution in [0.15, 0.2) is 24.3 Å². The molecule has 0 aliphatic heterocycles. The van der Waals surface area contributed by atoms with Crippen LogP contribution in [0.5, 0.6) is 0 Å². The molecule has 0 spiro atoms. The molecule has 9 nitrogen and oxygen atoms in total. The van der Waals surface area contributed by atoms with E-state index in [1.54, 1.807) is 0 Å². The third-order valence-electron chi connectivity index (χ3n) is 10.4. The lowest BCUT2D eigenvalue weighted by atomic mass is 10.0. The summed E-state index contributed by atoms with van der Waals surface area (Å²) in [4.78, 5) is 47.5. The first-order valence-electron chi connectivity index (χ1n) is 23.2. The second-order valence-corrected chi connectivity index (χ2v) is 15.9. The van der Waals surface area contributed by atoms with E-state index in [4.69, 9.17) is 14.9 Å². The number of esters is 1. The molecule has 2 unspecified atom stereocenters. The first kappa shape index (κ1) is 53.3. The number of hydrogen-bond donors (Lipinski definition) is 4. The zero-order chi connectivity index (χ0) is 41.2. The lowest BCUT2D eigenvalue weighted by Crippen LogP contribution is -2.47. The van der Waals surface area contributed by atoms with Crippen LogP contribution in [0, 0.1) is 0 Å². The van der Waals surface area contributed by atoms with E-state index in [0.717, 1.165) is 64.2 Å². The summed E-state index contributed by atoms with van der Waals surface area (Å²) in [6, 6.07) is -1.38. The number of aliphatic hydroxyl groups is 1. The zero-order valence-corrected chi connectivity index (χ0v) is 36.1. The van der Waals surface area contributed by atoms with Crippen LogP contribution in [-0.2, 0) is 23.9 Å². The number of carbonyl (C=O) groups excluding carboxylic acids is 3. The van der Waals surface area contributed by atoms with Crippen molar-refractivity contribution in [3.8, 4) is 0 Å². The largest absolute Gasteiger partial charge is 0.480 e. The fourth-order valence-corrected chi connectivity index (χ4v) is 6.84. The Balaban J connectivity index is 4.20. The molecule has 0 aromatic carbocycles. The summed E-state index contributed by atoms with van der Waals surface area (Å²) in [6.45, 7) is 3.47. The monoisotopic (exact) mass is 791 g/mol. The summed E-state index contributed by atoms with van der Waals surface area (Å²) in [7, 11) is 0. The Labute approximate surface area is 343 Å². The van der Waals surface area contributed by atoms with Gasteiger partial charge in [0.15, 0.2) is 0 Å². The number of allylic oxidation sites excluding steroid dienone is 3. The van der Waals surface area contributed by atoms with Crippen LogP contribution in [-0.4, -0.2) is 59.3 Å². The van der Waals surface area contributed by atoms with Gasteiger partial charge in [-0.1, -0.05) is 186 Å². The van der Waals surface area contributed by atoms with Crippen molar-refractivity contribution >= 4 is 23.8 Å². The summed E-state index contributed by atoms with van der Waals surface area (Å²) in [6.07, 6.45) is 46.6. The molecule has 0 saturated carbocycles. The molecule has 4 N–H and O–H groups in total. The molecule has 56 heavy (non-hydrogen) atoms. The number of carboxylic acid groups (broad SMARTS) is 1. The molecule has 0 rings (SSSR count). The van der Waals surface area contributed by atoms with Crippen molar-refractivity contribution in [1.29, 1.82) is 0 Å². The highest BCUT2D eigenvalue weighted by Crippen LogP contribution is 2.17. The Bertz CT molecular complexity index is 999. The molecule has 0 aliphatic rings. The number of carboxylic acids is 1.